The minimum absolute atomic E-state index is 0.0638. The monoisotopic (exact) mass is 445 g/mol. The predicted molar refractivity (Wildman–Crippen MR) is 113 cm³/mol. The van der Waals surface area contributed by atoms with E-state index in [1.54, 1.807) is 30.1 Å². The topological polar surface area (TPSA) is 80.0 Å². The van der Waals surface area contributed by atoms with Crippen LogP contribution < -0.4 is 15.4 Å². The average Bonchev–Trinajstić information content (AvgIpc) is 3.62. The van der Waals surface area contributed by atoms with Gasteiger partial charge in [-0.05, 0) is 31.7 Å². The first kappa shape index (κ1) is 20.7. The summed E-state index contributed by atoms with van der Waals surface area (Å²) < 4.78 is 41.0. The largest absolute Gasteiger partial charge is 0.433 e. The van der Waals surface area contributed by atoms with Crippen molar-refractivity contribution in [1.82, 2.24) is 24.5 Å². The molecule has 0 amide bonds. The van der Waals surface area contributed by atoms with Gasteiger partial charge >= 0.3 is 6.18 Å². The van der Waals surface area contributed by atoms with Crippen molar-refractivity contribution in [2.75, 3.05) is 22.9 Å². The molecule has 0 unspecified atom stereocenters. The molecule has 0 radical (unpaired) electrons. The Balaban J connectivity index is 1.38. The summed E-state index contributed by atoms with van der Waals surface area (Å²) in [5, 5.41) is 0.519. The molecule has 2 aliphatic rings. The zero-order valence-corrected chi connectivity index (χ0v) is 17.5. The number of pyridine rings is 1. The number of fused-ring (bicyclic) bond motifs is 1. The summed E-state index contributed by atoms with van der Waals surface area (Å²) in [6.07, 6.45) is 2.98. The minimum Gasteiger partial charge on any atom is -0.350 e. The standard InChI is InChI=1S/C21H22F3N7O/c1-29-19(32)15-4-7-25-11-16(15)28-20(29)30-8-5-14(6-9-30)31(13-2-3-13)18-10-17(21(22,23)24)26-12-27-18/h4,7,10-14H,2-3,5-6,8-9H2,1H3. The summed E-state index contributed by atoms with van der Waals surface area (Å²) in [5.41, 5.74) is -0.502. The van der Waals surface area contributed by atoms with E-state index in [0.717, 1.165) is 38.1 Å². The van der Waals surface area contributed by atoms with E-state index in [-0.39, 0.29) is 17.6 Å². The predicted octanol–water partition coefficient (Wildman–Crippen LogP) is 2.78. The molecule has 0 bridgehead atoms. The maximum atomic E-state index is 13.2. The van der Waals surface area contributed by atoms with E-state index in [4.69, 9.17) is 0 Å². The van der Waals surface area contributed by atoms with Gasteiger partial charge in [0, 0.05) is 44.5 Å². The zero-order chi connectivity index (χ0) is 22.5. The molecule has 8 nitrogen and oxygen atoms in total. The molecular weight excluding hydrogens is 423 g/mol. The zero-order valence-electron chi connectivity index (χ0n) is 17.5. The quantitative estimate of drug-likeness (QED) is 0.611. The molecule has 0 atom stereocenters. The summed E-state index contributed by atoms with van der Waals surface area (Å²) in [4.78, 5) is 33.1. The van der Waals surface area contributed by atoms with E-state index in [0.29, 0.717) is 35.8 Å². The molecule has 168 valence electrons. The first-order valence-electron chi connectivity index (χ1n) is 10.6. The van der Waals surface area contributed by atoms with Crippen LogP contribution in [0.25, 0.3) is 10.9 Å². The van der Waals surface area contributed by atoms with Gasteiger partial charge in [-0.1, -0.05) is 0 Å². The van der Waals surface area contributed by atoms with Crippen LogP contribution in [-0.2, 0) is 13.2 Å². The van der Waals surface area contributed by atoms with Gasteiger partial charge < -0.3 is 9.80 Å². The highest BCUT2D eigenvalue weighted by atomic mass is 19.4. The molecule has 1 aliphatic carbocycles. The number of nitrogens with zero attached hydrogens (tertiary/aromatic N) is 7. The fraction of sp³-hybridized carbons (Fsp3) is 0.476. The summed E-state index contributed by atoms with van der Waals surface area (Å²) >= 11 is 0. The van der Waals surface area contributed by atoms with Gasteiger partial charge in [0.15, 0.2) is 0 Å². The number of hydrogen-bond acceptors (Lipinski definition) is 7. The Morgan fingerprint density at radius 1 is 1.09 bits per heavy atom. The Morgan fingerprint density at radius 3 is 2.50 bits per heavy atom. The highest BCUT2D eigenvalue weighted by Crippen LogP contribution is 2.37. The van der Waals surface area contributed by atoms with Gasteiger partial charge in [0.05, 0.1) is 17.1 Å². The lowest BCUT2D eigenvalue weighted by Crippen LogP contribution is -2.47. The second-order valence-electron chi connectivity index (χ2n) is 8.28. The van der Waals surface area contributed by atoms with Crippen molar-refractivity contribution >= 4 is 22.7 Å². The second kappa shape index (κ2) is 7.72. The highest BCUT2D eigenvalue weighted by molar-refractivity contribution is 5.77. The van der Waals surface area contributed by atoms with Crippen LogP contribution in [0.15, 0.2) is 35.6 Å². The molecule has 0 spiro atoms. The maximum Gasteiger partial charge on any atom is 0.433 e. The van der Waals surface area contributed by atoms with Crippen LogP contribution in [-0.4, -0.2) is 49.7 Å². The number of hydrogen-bond donors (Lipinski definition) is 0. The molecule has 1 saturated carbocycles. The number of halogens is 3. The fourth-order valence-corrected chi connectivity index (χ4v) is 4.41. The van der Waals surface area contributed by atoms with E-state index in [1.807, 2.05) is 4.90 Å². The van der Waals surface area contributed by atoms with Gasteiger partial charge in [-0.25, -0.2) is 15.0 Å². The van der Waals surface area contributed by atoms with E-state index < -0.39 is 11.9 Å². The molecule has 0 aromatic carbocycles. The number of aromatic nitrogens is 5. The van der Waals surface area contributed by atoms with Crippen molar-refractivity contribution in [3.63, 3.8) is 0 Å². The Morgan fingerprint density at radius 2 is 1.81 bits per heavy atom. The SMILES string of the molecule is Cn1c(N2CCC(N(c3cc(C(F)(F)F)ncn3)C3CC3)CC2)nc2cnccc2c1=O. The molecule has 32 heavy (non-hydrogen) atoms. The van der Waals surface area contributed by atoms with Crippen molar-refractivity contribution in [3.05, 3.63) is 46.9 Å². The van der Waals surface area contributed by atoms with Crippen LogP contribution in [0.4, 0.5) is 24.9 Å². The van der Waals surface area contributed by atoms with Crippen molar-refractivity contribution in [1.29, 1.82) is 0 Å². The summed E-state index contributed by atoms with van der Waals surface area (Å²) in [6, 6.07) is 2.97. The van der Waals surface area contributed by atoms with E-state index >= 15 is 0 Å². The number of alkyl halides is 3. The van der Waals surface area contributed by atoms with Crippen LogP contribution in [0.1, 0.15) is 31.4 Å². The summed E-state index contributed by atoms with van der Waals surface area (Å²) in [7, 11) is 1.70. The van der Waals surface area contributed by atoms with Crippen LogP contribution >= 0.6 is 0 Å². The van der Waals surface area contributed by atoms with E-state index in [9.17, 15) is 18.0 Å². The first-order valence-corrected chi connectivity index (χ1v) is 10.6. The van der Waals surface area contributed by atoms with Crippen LogP contribution in [0.2, 0.25) is 0 Å². The third-order valence-electron chi connectivity index (χ3n) is 6.14. The third-order valence-corrected chi connectivity index (χ3v) is 6.14. The molecular formula is C21H22F3N7O. The van der Waals surface area contributed by atoms with Gasteiger partial charge in [0.25, 0.3) is 5.56 Å². The van der Waals surface area contributed by atoms with Gasteiger partial charge in [-0.15, -0.1) is 0 Å². The van der Waals surface area contributed by atoms with Gasteiger partial charge in [-0.3, -0.25) is 14.3 Å². The second-order valence-corrected chi connectivity index (χ2v) is 8.28. The maximum absolute atomic E-state index is 13.2. The molecule has 3 aromatic heterocycles. The molecule has 3 aromatic rings. The Kier molecular flexibility index (Phi) is 4.98. The molecule has 4 heterocycles. The van der Waals surface area contributed by atoms with Gasteiger partial charge in [0.2, 0.25) is 5.95 Å². The van der Waals surface area contributed by atoms with Gasteiger partial charge in [-0.2, -0.15) is 13.2 Å². The van der Waals surface area contributed by atoms with Gasteiger partial charge in [0.1, 0.15) is 17.8 Å². The van der Waals surface area contributed by atoms with Crippen molar-refractivity contribution in [2.45, 2.75) is 43.9 Å². The number of piperidine rings is 1. The van der Waals surface area contributed by atoms with Crippen molar-refractivity contribution in [3.8, 4) is 0 Å². The minimum atomic E-state index is -4.50. The molecule has 1 aliphatic heterocycles. The van der Waals surface area contributed by atoms with Crippen molar-refractivity contribution < 1.29 is 13.2 Å². The van der Waals surface area contributed by atoms with Crippen LogP contribution in [0.3, 0.4) is 0 Å². The van der Waals surface area contributed by atoms with Crippen molar-refractivity contribution in [2.24, 2.45) is 7.05 Å². The molecule has 1 saturated heterocycles. The van der Waals surface area contributed by atoms with E-state index in [1.165, 1.54) is 0 Å². The lowest BCUT2D eigenvalue weighted by Gasteiger charge is -2.40. The average molecular weight is 445 g/mol. The Bertz CT molecular complexity index is 1200. The molecule has 0 N–H and O–H groups in total. The molecule has 11 heteroatoms. The number of anilines is 2. The van der Waals surface area contributed by atoms with Crippen LogP contribution in [0.5, 0.6) is 0 Å². The van der Waals surface area contributed by atoms with Crippen LogP contribution in [0, 0.1) is 0 Å². The smallest absolute Gasteiger partial charge is 0.350 e. The lowest BCUT2D eigenvalue weighted by atomic mass is 10.0. The first-order chi connectivity index (χ1) is 15.3. The lowest BCUT2D eigenvalue weighted by molar-refractivity contribution is -0.141. The normalized spacial score (nSPS) is 17.7. The molecule has 2 fully saturated rings. The van der Waals surface area contributed by atoms with E-state index in [2.05, 4.69) is 24.8 Å². The Hall–Kier alpha value is -3.24. The fourth-order valence-electron chi connectivity index (χ4n) is 4.41. The summed E-state index contributed by atoms with van der Waals surface area (Å²) in [5.74, 6) is 0.906. The summed E-state index contributed by atoms with van der Waals surface area (Å²) in [6.45, 7) is 1.27. The Labute approximate surface area is 181 Å². The third kappa shape index (κ3) is 3.76. The number of rotatable bonds is 4. The molecule has 5 rings (SSSR count). The highest BCUT2D eigenvalue weighted by Gasteiger charge is 2.39.